The zero-order valence-corrected chi connectivity index (χ0v) is 17.4. The van der Waals surface area contributed by atoms with E-state index in [0.29, 0.717) is 31.6 Å². The van der Waals surface area contributed by atoms with Crippen molar-refractivity contribution in [3.05, 3.63) is 29.8 Å². The maximum Gasteiger partial charge on any atom is 0.326 e. The summed E-state index contributed by atoms with van der Waals surface area (Å²) >= 11 is 0. The molecule has 0 aromatic heterocycles. The molecule has 162 valence electrons. The van der Waals surface area contributed by atoms with Gasteiger partial charge in [0.15, 0.2) is 6.10 Å². The van der Waals surface area contributed by atoms with Gasteiger partial charge in [-0.2, -0.15) is 0 Å². The third-order valence-electron chi connectivity index (χ3n) is 5.48. The van der Waals surface area contributed by atoms with Gasteiger partial charge in [0.05, 0.1) is 0 Å². The standard InChI is InChI=1S/C22H29N3O5/c1-16(22(29)24-12-4-2-3-5-13-24)30-20(27)15-23-21(28)17-8-10-18(11-9-17)25-14-6-7-19(25)26/h8-11,16H,2-7,12-15H2,1H3,(H,23,28)/t16-/m0/s1. The minimum Gasteiger partial charge on any atom is -0.451 e. The number of carbonyl (C=O) groups is 4. The van der Waals surface area contributed by atoms with Crippen LogP contribution in [-0.2, 0) is 19.1 Å². The number of nitrogens with zero attached hydrogens (tertiary/aromatic N) is 2. The molecule has 0 saturated carbocycles. The van der Waals surface area contributed by atoms with Gasteiger partial charge in [-0.15, -0.1) is 0 Å². The van der Waals surface area contributed by atoms with Gasteiger partial charge in [0.25, 0.3) is 11.8 Å². The van der Waals surface area contributed by atoms with Crippen LogP contribution in [0.25, 0.3) is 0 Å². The van der Waals surface area contributed by atoms with E-state index in [1.807, 2.05) is 0 Å². The highest BCUT2D eigenvalue weighted by atomic mass is 16.5. The minimum atomic E-state index is -0.871. The van der Waals surface area contributed by atoms with Gasteiger partial charge < -0.3 is 19.9 Å². The third kappa shape index (κ3) is 5.58. The first kappa shape index (κ1) is 21.8. The van der Waals surface area contributed by atoms with Crippen molar-refractivity contribution in [2.24, 2.45) is 0 Å². The van der Waals surface area contributed by atoms with Crippen LogP contribution in [0.5, 0.6) is 0 Å². The maximum absolute atomic E-state index is 12.4. The fourth-order valence-corrected chi connectivity index (χ4v) is 3.81. The van der Waals surface area contributed by atoms with Crippen LogP contribution in [0.15, 0.2) is 24.3 Å². The number of likely N-dealkylation sites (tertiary alicyclic amines) is 1. The summed E-state index contributed by atoms with van der Waals surface area (Å²) in [6, 6.07) is 6.68. The van der Waals surface area contributed by atoms with Crippen molar-refractivity contribution in [3.8, 4) is 0 Å². The smallest absolute Gasteiger partial charge is 0.326 e. The molecule has 2 aliphatic rings. The van der Waals surface area contributed by atoms with Crippen LogP contribution >= 0.6 is 0 Å². The number of amides is 3. The van der Waals surface area contributed by atoms with E-state index < -0.39 is 18.0 Å². The molecule has 0 radical (unpaired) electrons. The molecular formula is C22H29N3O5. The second-order valence-corrected chi connectivity index (χ2v) is 7.75. The monoisotopic (exact) mass is 415 g/mol. The summed E-state index contributed by atoms with van der Waals surface area (Å²) in [6.45, 7) is 3.31. The van der Waals surface area contributed by atoms with Crippen LogP contribution in [-0.4, -0.2) is 60.9 Å². The molecule has 3 amide bonds. The summed E-state index contributed by atoms with van der Waals surface area (Å²) in [4.78, 5) is 52.0. The van der Waals surface area contributed by atoms with Crippen LogP contribution in [0.2, 0.25) is 0 Å². The molecule has 3 rings (SSSR count). The highest BCUT2D eigenvalue weighted by Crippen LogP contribution is 2.21. The Kier molecular flexibility index (Phi) is 7.43. The van der Waals surface area contributed by atoms with Crippen molar-refractivity contribution in [3.63, 3.8) is 0 Å². The lowest BCUT2D eigenvalue weighted by atomic mass is 10.2. The number of hydrogen-bond acceptors (Lipinski definition) is 5. The lowest BCUT2D eigenvalue weighted by Crippen LogP contribution is -2.42. The molecule has 0 aliphatic carbocycles. The van der Waals surface area contributed by atoms with Gasteiger partial charge in [-0.3, -0.25) is 19.2 Å². The molecule has 0 unspecified atom stereocenters. The fraction of sp³-hybridized carbons (Fsp3) is 0.545. The number of esters is 1. The Balaban J connectivity index is 1.45. The van der Waals surface area contributed by atoms with Crippen LogP contribution < -0.4 is 10.2 Å². The largest absolute Gasteiger partial charge is 0.451 e. The van der Waals surface area contributed by atoms with E-state index in [0.717, 1.165) is 37.8 Å². The van der Waals surface area contributed by atoms with Crippen LogP contribution in [0.1, 0.15) is 55.8 Å². The average Bonchev–Trinajstić information content (AvgIpc) is 3.00. The number of anilines is 1. The van der Waals surface area contributed by atoms with E-state index in [-0.39, 0.29) is 18.4 Å². The molecular weight excluding hydrogens is 386 g/mol. The summed E-state index contributed by atoms with van der Waals surface area (Å²) in [5.41, 5.74) is 1.14. The van der Waals surface area contributed by atoms with Crippen LogP contribution in [0.4, 0.5) is 5.69 Å². The SMILES string of the molecule is C[C@H](OC(=O)CNC(=O)c1ccc(N2CCCC2=O)cc1)C(=O)N1CCCCCC1. The van der Waals surface area contributed by atoms with Gasteiger partial charge in [0.2, 0.25) is 5.91 Å². The molecule has 1 N–H and O–H groups in total. The van der Waals surface area contributed by atoms with E-state index in [1.54, 1.807) is 41.0 Å². The molecule has 2 aliphatic heterocycles. The van der Waals surface area contributed by atoms with Crippen molar-refractivity contribution in [1.29, 1.82) is 0 Å². The summed E-state index contributed by atoms with van der Waals surface area (Å²) < 4.78 is 5.20. The van der Waals surface area contributed by atoms with Gasteiger partial charge in [-0.25, -0.2) is 0 Å². The molecule has 8 heteroatoms. The van der Waals surface area contributed by atoms with Crippen molar-refractivity contribution in [2.45, 2.75) is 51.6 Å². The van der Waals surface area contributed by atoms with E-state index in [4.69, 9.17) is 4.74 Å². The first-order chi connectivity index (χ1) is 14.5. The quantitative estimate of drug-likeness (QED) is 0.716. The number of rotatable bonds is 6. The fourth-order valence-electron chi connectivity index (χ4n) is 3.81. The van der Waals surface area contributed by atoms with E-state index >= 15 is 0 Å². The molecule has 2 heterocycles. The molecule has 0 bridgehead atoms. The Morgan fingerprint density at radius 3 is 2.27 bits per heavy atom. The van der Waals surface area contributed by atoms with Crippen LogP contribution in [0, 0.1) is 0 Å². The Bertz CT molecular complexity index is 784. The summed E-state index contributed by atoms with van der Waals surface area (Å²) in [7, 11) is 0. The van der Waals surface area contributed by atoms with E-state index in [9.17, 15) is 19.2 Å². The van der Waals surface area contributed by atoms with E-state index in [2.05, 4.69) is 5.32 Å². The normalized spacial score (nSPS) is 18.0. The number of ether oxygens (including phenoxy) is 1. The van der Waals surface area contributed by atoms with Crippen molar-refractivity contribution in [2.75, 3.05) is 31.1 Å². The first-order valence-corrected chi connectivity index (χ1v) is 10.6. The number of nitrogens with one attached hydrogen (secondary N) is 1. The lowest BCUT2D eigenvalue weighted by Gasteiger charge is -2.24. The second-order valence-electron chi connectivity index (χ2n) is 7.75. The Morgan fingerprint density at radius 2 is 1.67 bits per heavy atom. The molecule has 8 nitrogen and oxygen atoms in total. The third-order valence-corrected chi connectivity index (χ3v) is 5.48. The van der Waals surface area contributed by atoms with Crippen molar-refractivity contribution >= 4 is 29.4 Å². The topological polar surface area (TPSA) is 96.0 Å². The van der Waals surface area contributed by atoms with Crippen LogP contribution in [0.3, 0.4) is 0 Å². The highest BCUT2D eigenvalue weighted by Gasteiger charge is 2.25. The number of benzene rings is 1. The van der Waals surface area contributed by atoms with Gasteiger partial charge in [0.1, 0.15) is 6.54 Å². The summed E-state index contributed by atoms with van der Waals surface area (Å²) in [6.07, 6.45) is 4.66. The summed E-state index contributed by atoms with van der Waals surface area (Å²) in [5.74, 6) is -1.18. The average molecular weight is 415 g/mol. The van der Waals surface area contributed by atoms with Gasteiger partial charge in [-0.05, 0) is 50.5 Å². The van der Waals surface area contributed by atoms with Crippen molar-refractivity contribution < 1.29 is 23.9 Å². The Morgan fingerprint density at radius 1 is 1.00 bits per heavy atom. The Labute approximate surface area is 176 Å². The summed E-state index contributed by atoms with van der Waals surface area (Å²) in [5, 5.41) is 2.51. The predicted molar refractivity (Wildman–Crippen MR) is 111 cm³/mol. The molecule has 2 saturated heterocycles. The van der Waals surface area contributed by atoms with Gasteiger partial charge in [0, 0.05) is 37.3 Å². The van der Waals surface area contributed by atoms with Crippen molar-refractivity contribution in [1.82, 2.24) is 10.2 Å². The molecule has 30 heavy (non-hydrogen) atoms. The highest BCUT2D eigenvalue weighted by molar-refractivity contribution is 5.98. The maximum atomic E-state index is 12.4. The Hall–Kier alpha value is -2.90. The number of carbonyl (C=O) groups excluding carboxylic acids is 4. The predicted octanol–water partition coefficient (Wildman–Crippen LogP) is 1.88. The molecule has 1 atom stereocenters. The second kappa shape index (κ2) is 10.2. The van der Waals surface area contributed by atoms with Gasteiger partial charge >= 0.3 is 5.97 Å². The molecule has 1 aromatic carbocycles. The first-order valence-electron chi connectivity index (χ1n) is 10.6. The molecule has 0 spiro atoms. The number of hydrogen-bond donors (Lipinski definition) is 1. The zero-order valence-electron chi connectivity index (χ0n) is 17.4. The molecule has 2 fully saturated rings. The van der Waals surface area contributed by atoms with E-state index in [1.165, 1.54) is 0 Å². The lowest BCUT2D eigenvalue weighted by molar-refractivity contribution is -0.158. The zero-order chi connectivity index (χ0) is 21.5. The van der Waals surface area contributed by atoms with Gasteiger partial charge in [-0.1, -0.05) is 12.8 Å². The minimum absolute atomic E-state index is 0.0822. The molecule has 1 aromatic rings.